The standard InChI is InChI=1S/C17H28N2O2S/c1-3-15(13-20)18-8-10-19(11-9-18)17(21)6-4-5-16-14(2)7-12-22-16/h7,12,15,20H,3-6,8-11,13H2,1-2H3. The van der Waals surface area contributed by atoms with Gasteiger partial charge in [-0.1, -0.05) is 6.92 Å². The van der Waals surface area contributed by atoms with Crippen LogP contribution in [0.15, 0.2) is 11.4 Å². The van der Waals surface area contributed by atoms with Crippen molar-refractivity contribution in [3.8, 4) is 0 Å². The summed E-state index contributed by atoms with van der Waals surface area (Å²) in [4.78, 5) is 18.0. The number of rotatable bonds is 7. The Bertz CT molecular complexity index is 463. The number of carbonyl (C=O) groups is 1. The van der Waals surface area contributed by atoms with Crippen molar-refractivity contribution in [2.45, 2.75) is 45.6 Å². The summed E-state index contributed by atoms with van der Waals surface area (Å²) in [5.41, 5.74) is 1.35. The lowest BCUT2D eigenvalue weighted by Gasteiger charge is -2.38. The molecule has 2 heterocycles. The van der Waals surface area contributed by atoms with Crippen LogP contribution in [-0.4, -0.2) is 59.6 Å². The number of piperazine rings is 1. The topological polar surface area (TPSA) is 43.8 Å². The summed E-state index contributed by atoms with van der Waals surface area (Å²) < 4.78 is 0. The van der Waals surface area contributed by atoms with Gasteiger partial charge < -0.3 is 10.0 Å². The van der Waals surface area contributed by atoms with E-state index in [9.17, 15) is 9.90 Å². The normalized spacial score (nSPS) is 17.7. The molecule has 124 valence electrons. The van der Waals surface area contributed by atoms with Crippen molar-refractivity contribution < 1.29 is 9.90 Å². The van der Waals surface area contributed by atoms with E-state index < -0.39 is 0 Å². The summed E-state index contributed by atoms with van der Waals surface area (Å²) in [7, 11) is 0. The molecule has 0 spiro atoms. The number of aryl methyl sites for hydroxylation is 2. The van der Waals surface area contributed by atoms with Gasteiger partial charge in [-0.3, -0.25) is 9.69 Å². The van der Waals surface area contributed by atoms with Gasteiger partial charge in [-0.25, -0.2) is 0 Å². The Kier molecular flexibility index (Phi) is 6.86. The van der Waals surface area contributed by atoms with Gasteiger partial charge in [-0.05, 0) is 43.2 Å². The highest BCUT2D eigenvalue weighted by molar-refractivity contribution is 7.10. The minimum Gasteiger partial charge on any atom is -0.395 e. The Hall–Kier alpha value is -0.910. The Balaban J connectivity index is 1.70. The number of nitrogens with zero attached hydrogens (tertiary/aromatic N) is 2. The van der Waals surface area contributed by atoms with E-state index in [0.29, 0.717) is 6.42 Å². The summed E-state index contributed by atoms with van der Waals surface area (Å²) in [6, 6.07) is 2.39. The van der Waals surface area contributed by atoms with E-state index in [0.717, 1.165) is 45.4 Å². The van der Waals surface area contributed by atoms with Crippen LogP contribution in [-0.2, 0) is 11.2 Å². The summed E-state index contributed by atoms with van der Waals surface area (Å²) in [5, 5.41) is 11.5. The fourth-order valence-corrected chi connectivity index (χ4v) is 4.01. The molecule has 22 heavy (non-hydrogen) atoms. The Morgan fingerprint density at radius 2 is 2.09 bits per heavy atom. The summed E-state index contributed by atoms with van der Waals surface area (Å²) in [6.07, 6.45) is 3.56. The molecule has 5 heteroatoms. The van der Waals surface area contributed by atoms with E-state index in [4.69, 9.17) is 0 Å². The molecule has 2 rings (SSSR count). The van der Waals surface area contributed by atoms with Crippen LogP contribution in [0.3, 0.4) is 0 Å². The second-order valence-corrected chi connectivity index (χ2v) is 7.04. The maximum Gasteiger partial charge on any atom is 0.222 e. The molecule has 1 atom stereocenters. The van der Waals surface area contributed by atoms with Crippen LogP contribution in [0, 0.1) is 6.92 Å². The molecule has 1 aromatic heterocycles. The molecular weight excluding hydrogens is 296 g/mol. The molecule has 1 aliphatic rings. The second kappa shape index (κ2) is 8.65. The molecule has 1 amide bonds. The quantitative estimate of drug-likeness (QED) is 0.837. The molecule has 1 fully saturated rings. The first-order valence-corrected chi connectivity index (χ1v) is 9.19. The summed E-state index contributed by atoms with van der Waals surface area (Å²) in [6.45, 7) is 7.82. The molecule has 0 bridgehead atoms. The van der Waals surface area contributed by atoms with E-state index in [1.165, 1.54) is 10.4 Å². The molecule has 0 aliphatic carbocycles. The van der Waals surface area contributed by atoms with Crippen molar-refractivity contribution in [2.75, 3.05) is 32.8 Å². The Labute approximate surface area is 137 Å². The number of thiophene rings is 1. The van der Waals surface area contributed by atoms with Gasteiger partial charge >= 0.3 is 0 Å². The van der Waals surface area contributed by atoms with Crippen molar-refractivity contribution in [1.82, 2.24) is 9.80 Å². The molecule has 1 aliphatic heterocycles. The molecule has 0 saturated carbocycles. The molecule has 1 N–H and O–H groups in total. The largest absolute Gasteiger partial charge is 0.395 e. The second-order valence-electron chi connectivity index (χ2n) is 6.04. The van der Waals surface area contributed by atoms with E-state index in [-0.39, 0.29) is 18.6 Å². The van der Waals surface area contributed by atoms with E-state index in [2.05, 4.69) is 30.2 Å². The molecule has 4 nitrogen and oxygen atoms in total. The Morgan fingerprint density at radius 3 is 2.64 bits per heavy atom. The predicted molar refractivity (Wildman–Crippen MR) is 91.3 cm³/mol. The van der Waals surface area contributed by atoms with Crippen LogP contribution in [0.4, 0.5) is 0 Å². The van der Waals surface area contributed by atoms with Gasteiger partial charge in [-0.2, -0.15) is 0 Å². The smallest absolute Gasteiger partial charge is 0.222 e. The van der Waals surface area contributed by atoms with Crippen molar-refractivity contribution >= 4 is 17.2 Å². The molecule has 1 unspecified atom stereocenters. The minimum atomic E-state index is 0.213. The van der Waals surface area contributed by atoms with Crippen LogP contribution in [0.2, 0.25) is 0 Å². The van der Waals surface area contributed by atoms with Gasteiger partial charge in [0.15, 0.2) is 0 Å². The van der Waals surface area contributed by atoms with Crippen LogP contribution >= 0.6 is 11.3 Å². The van der Waals surface area contributed by atoms with Crippen molar-refractivity contribution in [3.05, 3.63) is 21.9 Å². The highest BCUT2D eigenvalue weighted by Crippen LogP contribution is 2.18. The van der Waals surface area contributed by atoms with Gasteiger partial charge in [0.1, 0.15) is 0 Å². The lowest BCUT2D eigenvalue weighted by atomic mass is 10.1. The van der Waals surface area contributed by atoms with E-state index in [1.807, 2.05) is 4.90 Å². The first-order valence-electron chi connectivity index (χ1n) is 8.31. The number of hydrogen-bond donors (Lipinski definition) is 1. The number of hydrogen-bond acceptors (Lipinski definition) is 4. The minimum absolute atomic E-state index is 0.213. The molecule has 0 radical (unpaired) electrons. The zero-order valence-electron chi connectivity index (χ0n) is 13.8. The Morgan fingerprint density at radius 1 is 1.36 bits per heavy atom. The lowest BCUT2D eigenvalue weighted by Crippen LogP contribution is -2.52. The molecular formula is C17H28N2O2S. The number of aliphatic hydroxyl groups is 1. The van der Waals surface area contributed by atoms with E-state index in [1.54, 1.807) is 11.3 Å². The zero-order chi connectivity index (χ0) is 15.9. The van der Waals surface area contributed by atoms with Gasteiger partial charge in [0, 0.05) is 43.5 Å². The SMILES string of the molecule is CCC(CO)N1CCN(C(=O)CCCc2sccc2C)CC1. The van der Waals surface area contributed by atoms with Crippen LogP contribution in [0.25, 0.3) is 0 Å². The highest BCUT2D eigenvalue weighted by Gasteiger charge is 2.24. The van der Waals surface area contributed by atoms with Gasteiger partial charge in [0.2, 0.25) is 5.91 Å². The lowest BCUT2D eigenvalue weighted by molar-refractivity contribution is -0.133. The van der Waals surface area contributed by atoms with E-state index >= 15 is 0 Å². The molecule has 1 saturated heterocycles. The maximum absolute atomic E-state index is 12.3. The van der Waals surface area contributed by atoms with Crippen molar-refractivity contribution in [1.29, 1.82) is 0 Å². The van der Waals surface area contributed by atoms with Crippen LogP contribution in [0.1, 0.15) is 36.6 Å². The fourth-order valence-electron chi connectivity index (χ4n) is 3.06. The first kappa shape index (κ1) is 17.4. The highest BCUT2D eigenvalue weighted by atomic mass is 32.1. The van der Waals surface area contributed by atoms with Gasteiger partial charge in [0.05, 0.1) is 6.61 Å². The maximum atomic E-state index is 12.3. The molecule has 0 aromatic carbocycles. The van der Waals surface area contributed by atoms with Gasteiger partial charge in [0.25, 0.3) is 0 Å². The van der Waals surface area contributed by atoms with Crippen LogP contribution < -0.4 is 0 Å². The number of amides is 1. The predicted octanol–water partition coefficient (Wildman–Crippen LogP) is 2.29. The summed E-state index contributed by atoms with van der Waals surface area (Å²) >= 11 is 1.79. The van der Waals surface area contributed by atoms with Crippen LogP contribution in [0.5, 0.6) is 0 Å². The average Bonchev–Trinajstić information content (AvgIpc) is 2.94. The molecule has 1 aromatic rings. The zero-order valence-corrected chi connectivity index (χ0v) is 14.6. The van der Waals surface area contributed by atoms with Crippen molar-refractivity contribution in [2.24, 2.45) is 0 Å². The average molecular weight is 324 g/mol. The summed E-state index contributed by atoms with van der Waals surface area (Å²) in [5.74, 6) is 0.283. The third kappa shape index (κ3) is 4.54. The van der Waals surface area contributed by atoms with Gasteiger partial charge in [-0.15, -0.1) is 11.3 Å². The fraction of sp³-hybridized carbons (Fsp3) is 0.706. The first-order chi connectivity index (χ1) is 10.7. The number of aliphatic hydroxyl groups excluding tert-OH is 1. The third-order valence-corrected chi connectivity index (χ3v) is 5.71. The third-order valence-electron chi connectivity index (χ3n) is 4.63. The number of carbonyl (C=O) groups excluding carboxylic acids is 1. The van der Waals surface area contributed by atoms with Crippen molar-refractivity contribution in [3.63, 3.8) is 0 Å². The monoisotopic (exact) mass is 324 g/mol.